The molecule has 1 aliphatic rings. The van der Waals surface area contributed by atoms with Crippen molar-refractivity contribution in [1.82, 2.24) is 10.3 Å². The normalized spacial score (nSPS) is 17.2. The van der Waals surface area contributed by atoms with Crippen LogP contribution in [-0.4, -0.2) is 22.9 Å². The van der Waals surface area contributed by atoms with Gasteiger partial charge in [0.25, 0.3) is 0 Å². The molecule has 0 saturated carbocycles. The lowest BCUT2D eigenvalue weighted by Gasteiger charge is -2.33. The smallest absolute Gasteiger partial charge is 0.126 e. The Morgan fingerprint density at radius 2 is 2.15 bits per heavy atom. The fourth-order valence-electron chi connectivity index (χ4n) is 1.50. The van der Waals surface area contributed by atoms with Crippen molar-refractivity contribution in [1.29, 1.82) is 0 Å². The van der Waals surface area contributed by atoms with Crippen LogP contribution < -0.4 is 5.43 Å². The molecule has 0 aromatic carbocycles. The molecule has 3 nitrogen and oxygen atoms in total. The minimum atomic E-state index is 0.191. The molecule has 1 heterocycles. The van der Waals surface area contributed by atoms with Crippen molar-refractivity contribution in [2.45, 2.75) is 52.5 Å². The third-order valence-corrected chi connectivity index (χ3v) is 2.31. The standard InChI is InChI=1S/C10H21N3/c1-5-6-7-9-12-11-8-13(9)10(2,3)4/h11H,5-8H2,1-4H3. The fraction of sp³-hybridized carbons (Fsp3) is 0.900. The molecule has 0 atom stereocenters. The van der Waals surface area contributed by atoms with E-state index in [2.05, 4.69) is 43.1 Å². The predicted octanol–water partition coefficient (Wildman–Crippen LogP) is 2.15. The van der Waals surface area contributed by atoms with Crippen LogP contribution in [0.3, 0.4) is 0 Å². The summed E-state index contributed by atoms with van der Waals surface area (Å²) in [6.45, 7) is 9.75. The first-order chi connectivity index (χ1) is 6.05. The second-order valence-electron chi connectivity index (χ2n) is 4.55. The Balaban J connectivity index is 2.53. The first-order valence-electron chi connectivity index (χ1n) is 5.12. The van der Waals surface area contributed by atoms with E-state index in [0.717, 1.165) is 13.1 Å². The zero-order chi connectivity index (χ0) is 9.90. The lowest BCUT2D eigenvalue weighted by molar-refractivity contribution is 0.239. The summed E-state index contributed by atoms with van der Waals surface area (Å²) in [4.78, 5) is 2.34. The van der Waals surface area contributed by atoms with Crippen LogP contribution in [-0.2, 0) is 0 Å². The first-order valence-corrected chi connectivity index (χ1v) is 5.12. The van der Waals surface area contributed by atoms with Crippen molar-refractivity contribution in [3.63, 3.8) is 0 Å². The molecule has 0 radical (unpaired) electrons. The summed E-state index contributed by atoms with van der Waals surface area (Å²) in [6, 6.07) is 0. The summed E-state index contributed by atoms with van der Waals surface area (Å²) in [5, 5.41) is 4.31. The number of hydrogen-bond acceptors (Lipinski definition) is 3. The maximum atomic E-state index is 4.31. The van der Waals surface area contributed by atoms with Gasteiger partial charge in [0.15, 0.2) is 0 Å². The highest BCUT2D eigenvalue weighted by Crippen LogP contribution is 2.18. The van der Waals surface area contributed by atoms with Gasteiger partial charge in [0.05, 0.1) is 0 Å². The van der Waals surface area contributed by atoms with Gasteiger partial charge in [-0.05, 0) is 27.2 Å². The van der Waals surface area contributed by atoms with Crippen LogP contribution in [0, 0.1) is 0 Å². The number of unbranched alkanes of at least 4 members (excludes halogenated alkanes) is 1. The Kier molecular flexibility index (Phi) is 3.17. The molecule has 0 saturated heterocycles. The Morgan fingerprint density at radius 3 is 2.69 bits per heavy atom. The largest absolute Gasteiger partial charge is 0.335 e. The summed E-state index contributed by atoms with van der Waals surface area (Å²) in [5.41, 5.74) is 3.24. The van der Waals surface area contributed by atoms with E-state index in [1.165, 1.54) is 18.7 Å². The first kappa shape index (κ1) is 10.4. The van der Waals surface area contributed by atoms with Crippen molar-refractivity contribution in [2.24, 2.45) is 5.10 Å². The van der Waals surface area contributed by atoms with Gasteiger partial charge in [0.2, 0.25) is 0 Å². The fourth-order valence-corrected chi connectivity index (χ4v) is 1.50. The molecular formula is C10H21N3. The van der Waals surface area contributed by atoms with Crippen molar-refractivity contribution in [3.05, 3.63) is 0 Å². The monoisotopic (exact) mass is 183 g/mol. The molecule has 1 N–H and O–H groups in total. The summed E-state index contributed by atoms with van der Waals surface area (Å²) >= 11 is 0. The van der Waals surface area contributed by atoms with E-state index >= 15 is 0 Å². The molecule has 1 rings (SSSR count). The summed E-state index contributed by atoms with van der Waals surface area (Å²) in [7, 11) is 0. The Bertz CT molecular complexity index is 191. The molecule has 1 aliphatic heterocycles. The maximum Gasteiger partial charge on any atom is 0.126 e. The molecule has 0 aliphatic carbocycles. The summed E-state index contributed by atoms with van der Waals surface area (Å²) in [6.07, 6.45) is 3.56. The van der Waals surface area contributed by atoms with Crippen LogP contribution >= 0.6 is 0 Å². The SMILES string of the molecule is CCCCC1=NNCN1C(C)(C)C. The van der Waals surface area contributed by atoms with Crippen LogP contribution in [0.2, 0.25) is 0 Å². The zero-order valence-electron chi connectivity index (χ0n) is 9.22. The quantitative estimate of drug-likeness (QED) is 0.726. The van der Waals surface area contributed by atoms with Crippen LogP contribution in [0.5, 0.6) is 0 Å². The molecule has 0 unspecified atom stereocenters. The van der Waals surface area contributed by atoms with Gasteiger partial charge in [-0.1, -0.05) is 13.3 Å². The number of rotatable bonds is 3. The molecule has 3 heteroatoms. The Hall–Kier alpha value is -0.730. The minimum absolute atomic E-state index is 0.191. The van der Waals surface area contributed by atoms with E-state index in [-0.39, 0.29) is 5.54 Å². The van der Waals surface area contributed by atoms with E-state index in [0.29, 0.717) is 0 Å². The average Bonchev–Trinajstić information content (AvgIpc) is 2.47. The van der Waals surface area contributed by atoms with Gasteiger partial charge < -0.3 is 4.90 Å². The van der Waals surface area contributed by atoms with Crippen LogP contribution in [0.25, 0.3) is 0 Å². The molecule has 13 heavy (non-hydrogen) atoms. The highest BCUT2D eigenvalue weighted by atomic mass is 15.5. The molecular weight excluding hydrogens is 162 g/mol. The second kappa shape index (κ2) is 3.99. The van der Waals surface area contributed by atoms with Crippen molar-refractivity contribution < 1.29 is 0 Å². The Morgan fingerprint density at radius 1 is 1.46 bits per heavy atom. The Labute approximate surface area is 81.2 Å². The van der Waals surface area contributed by atoms with Crippen LogP contribution in [0.4, 0.5) is 0 Å². The average molecular weight is 183 g/mol. The van der Waals surface area contributed by atoms with Crippen LogP contribution in [0.15, 0.2) is 5.10 Å². The predicted molar refractivity (Wildman–Crippen MR) is 56.6 cm³/mol. The van der Waals surface area contributed by atoms with Gasteiger partial charge in [-0.15, -0.1) is 0 Å². The van der Waals surface area contributed by atoms with Gasteiger partial charge in [-0.25, -0.2) is 0 Å². The van der Waals surface area contributed by atoms with Gasteiger partial charge >= 0.3 is 0 Å². The number of hydrogen-bond donors (Lipinski definition) is 1. The number of nitrogens with one attached hydrogen (secondary N) is 1. The van der Waals surface area contributed by atoms with Crippen molar-refractivity contribution in [2.75, 3.05) is 6.67 Å². The van der Waals surface area contributed by atoms with Crippen molar-refractivity contribution >= 4 is 5.84 Å². The van der Waals surface area contributed by atoms with Crippen molar-refractivity contribution in [3.8, 4) is 0 Å². The van der Waals surface area contributed by atoms with E-state index in [9.17, 15) is 0 Å². The molecule has 0 amide bonds. The lowest BCUT2D eigenvalue weighted by atomic mass is 10.1. The van der Waals surface area contributed by atoms with Gasteiger partial charge in [-0.2, -0.15) is 5.10 Å². The molecule has 76 valence electrons. The molecule has 0 spiro atoms. The van der Waals surface area contributed by atoms with Gasteiger partial charge in [0.1, 0.15) is 12.5 Å². The molecule has 0 aromatic heterocycles. The molecule has 0 fully saturated rings. The van der Waals surface area contributed by atoms with E-state index in [1.807, 2.05) is 0 Å². The highest BCUT2D eigenvalue weighted by molar-refractivity contribution is 5.83. The zero-order valence-corrected chi connectivity index (χ0v) is 9.22. The van der Waals surface area contributed by atoms with Gasteiger partial charge in [0, 0.05) is 12.0 Å². The van der Waals surface area contributed by atoms with Gasteiger partial charge in [-0.3, -0.25) is 5.43 Å². The van der Waals surface area contributed by atoms with Crippen LogP contribution in [0.1, 0.15) is 47.0 Å². The third kappa shape index (κ3) is 2.61. The second-order valence-corrected chi connectivity index (χ2v) is 4.55. The summed E-state index contributed by atoms with van der Waals surface area (Å²) in [5.74, 6) is 1.22. The maximum absolute atomic E-state index is 4.31. The number of amidine groups is 1. The molecule has 0 bridgehead atoms. The third-order valence-electron chi connectivity index (χ3n) is 2.31. The highest BCUT2D eigenvalue weighted by Gasteiger charge is 2.26. The molecule has 0 aromatic rings. The number of hydrazone groups is 1. The topological polar surface area (TPSA) is 27.6 Å². The summed E-state index contributed by atoms with van der Waals surface area (Å²) < 4.78 is 0. The lowest BCUT2D eigenvalue weighted by Crippen LogP contribution is -2.44. The van der Waals surface area contributed by atoms with E-state index in [1.54, 1.807) is 0 Å². The number of nitrogens with zero attached hydrogens (tertiary/aromatic N) is 2. The van der Waals surface area contributed by atoms with E-state index in [4.69, 9.17) is 0 Å². The minimum Gasteiger partial charge on any atom is -0.335 e. The van der Waals surface area contributed by atoms with E-state index < -0.39 is 0 Å².